The average Bonchev–Trinajstić information content (AvgIpc) is 3.47. The zero-order chi connectivity index (χ0) is 20.5. The number of hydrogen-bond donors (Lipinski definition) is 2. The van der Waals surface area contributed by atoms with Crippen LogP contribution in [-0.2, 0) is 17.6 Å². The van der Waals surface area contributed by atoms with Gasteiger partial charge in [-0.2, -0.15) is 0 Å². The molecule has 1 aliphatic rings. The molecule has 0 bridgehead atoms. The van der Waals surface area contributed by atoms with Crippen molar-refractivity contribution in [2.75, 3.05) is 13.3 Å². The van der Waals surface area contributed by atoms with E-state index in [4.69, 9.17) is 9.47 Å². The van der Waals surface area contributed by atoms with Crippen LogP contribution < -0.4 is 14.8 Å². The van der Waals surface area contributed by atoms with Crippen LogP contribution in [0.25, 0.3) is 21.5 Å². The number of aromatic amines is 1. The molecule has 30 heavy (non-hydrogen) atoms. The van der Waals surface area contributed by atoms with E-state index in [-0.39, 0.29) is 24.9 Å². The minimum Gasteiger partial charge on any atom is -0.454 e. The number of hydrogen-bond acceptors (Lipinski definition) is 5. The first-order valence-electron chi connectivity index (χ1n) is 9.52. The van der Waals surface area contributed by atoms with Crippen molar-refractivity contribution in [3.8, 4) is 22.1 Å². The fraction of sp³-hybridized carbons (Fsp3) is 0.182. The van der Waals surface area contributed by atoms with Crippen LogP contribution in [-0.4, -0.2) is 29.2 Å². The molecule has 0 atom stereocenters. The highest BCUT2D eigenvalue weighted by atomic mass is 32.1. The zero-order valence-corrected chi connectivity index (χ0v) is 16.7. The third-order valence-electron chi connectivity index (χ3n) is 4.96. The molecule has 1 amide bonds. The van der Waals surface area contributed by atoms with E-state index in [1.54, 1.807) is 6.07 Å². The summed E-state index contributed by atoms with van der Waals surface area (Å²) in [6, 6.07) is 10.4. The Balaban J connectivity index is 1.17. The summed E-state index contributed by atoms with van der Waals surface area (Å²) in [6.07, 6.45) is 2.74. The maximum atomic E-state index is 13.3. The van der Waals surface area contributed by atoms with Crippen LogP contribution in [0.15, 0.2) is 48.0 Å². The highest BCUT2D eigenvalue weighted by Gasteiger charge is 2.16. The van der Waals surface area contributed by atoms with Gasteiger partial charge in [0.2, 0.25) is 12.7 Å². The Labute approximate surface area is 175 Å². The molecule has 0 spiro atoms. The Morgan fingerprint density at radius 2 is 2.10 bits per heavy atom. The van der Waals surface area contributed by atoms with Gasteiger partial charge in [-0.15, -0.1) is 11.3 Å². The van der Waals surface area contributed by atoms with E-state index in [0.717, 1.165) is 38.5 Å². The molecule has 0 saturated carbocycles. The predicted octanol–water partition coefficient (Wildman–Crippen LogP) is 4.06. The van der Waals surface area contributed by atoms with Crippen molar-refractivity contribution in [1.29, 1.82) is 0 Å². The molecule has 0 radical (unpaired) electrons. The number of H-pyrrole nitrogens is 1. The zero-order valence-electron chi connectivity index (χ0n) is 15.9. The molecular weight excluding hydrogens is 405 g/mol. The van der Waals surface area contributed by atoms with E-state index in [1.807, 2.05) is 29.8 Å². The normalized spacial score (nSPS) is 12.4. The van der Waals surface area contributed by atoms with Crippen molar-refractivity contribution < 1.29 is 18.7 Å². The van der Waals surface area contributed by atoms with Crippen molar-refractivity contribution in [3.63, 3.8) is 0 Å². The summed E-state index contributed by atoms with van der Waals surface area (Å²) in [5.41, 5.74) is 3.47. The fourth-order valence-corrected chi connectivity index (χ4v) is 4.30. The molecule has 0 saturated heterocycles. The van der Waals surface area contributed by atoms with Gasteiger partial charge in [0.25, 0.3) is 0 Å². The van der Waals surface area contributed by atoms with E-state index >= 15 is 0 Å². The van der Waals surface area contributed by atoms with Crippen LogP contribution in [0.1, 0.15) is 11.3 Å². The van der Waals surface area contributed by atoms with Crippen LogP contribution in [0, 0.1) is 5.82 Å². The van der Waals surface area contributed by atoms with Gasteiger partial charge in [-0.25, -0.2) is 9.37 Å². The maximum absolute atomic E-state index is 13.3. The highest BCUT2D eigenvalue weighted by molar-refractivity contribution is 7.13. The highest BCUT2D eigenvalue weighted by Crippen LogP contribution is 2.36. The molecule has 3 heterocycles. The topological polar surface area (TPSA) is 76.2 Å². The summed E-state index contributed by atoms with van der Waals surface area (Å²) in [5.74, 6) is 1.09. The maximum Gasteiger partial charge on any atom is 0.231 e. The number of nitrogens with one attached hydrogen (secondary N) is 2. The molecule has 2 aromatic heterocycles. The lowest BCUT2D eigenvalue weighted by Gasteiger charge is -2.04. The Morgan fingerprint density at radius 1 is 1.20 bits per heavy atom. The number of aromatic nitrogens is 2. The van der Waals surface area contributed by atoms with Crippen LogP contribution in [0.4, 0.5) is 4.39 Å². The number of benzene rings is 2. The molecule has 5 rings (SSSR count). The molecule has 6 nitrogen and oxygen atoms in total. The first-order valence-corrected chi connectivity index (χ1v) is 10.4. The van der Waals surface area contributed by atoms with E-state index < -0.39 is 0 Å². The van der Waals surface area contributed by atoms with E-state index in [9.17, 15) is 9.18 Å². The molecule has 0 unspecified atom stereocenters. The van der Waals surface area contributed by atoms with Crippen LogP contribution in [0.3, 0.4) is 0 Å². The van der Waals surface area contributed by atoms with Gasteiger partial charge in [-0.05, 0) is 48.4 Å². The van der Waals surface area contributed by atoms with Crippen molar-refractivity contribution in [1.82, 2.24) is 15.3 Å². The summed E-state index contributed by atoms with van der Waals surface area (Å²) in [4.78, 5) is 19.9. The quantitative estimate of drug-likeness (QED) is 0.490. The second-order valence-electron chi connectivity index (χ2n) is 6.99. The number of ether oxygens (including phenoxy) is 2. The summed E-state index contributed by atoms with van der Waals surface area (Å²) in [5, 5.41) is 6.63. The minimum atomic E-state index is -0.271. The number of fused-ring (bicyclic) bond motifs is 2. The molecule has 152 valence electrons. The average molecular weight is 423 g/mol. The molecule has 4 aromatic rings. The molecule has 2 aromatic carbocycles. The second-order valence-corrected chi connectivity index (χ2v) is 7.85. The molecule has 0 fully saturated rings. The van der Waals surface area contributed by atoms with Gasteiger partial charge in [0, 0.05) is 34.6 Å². The Bertz CT molecular complexity index is 1230. The summed E-state index contributed by atoms with van der Waals surface area (Å²) >= 11 is 1.49. The Kier molecular flexibility index (Phi) is 4.84. The van der Waals surface area contributed by atoms with Gasteiger partial charge in [0.1, 0.15) is 10.8 Å². The van der Waals surface area contributed by atoms with E-state index in [0.29, 0.717) is 18.7 Å². The number of nitrogens with zero attached hydrogens (tertiary/aromatic N) is 1. The minimum absolute atomic E-state index is 0.0802. The molecular formula is C22H18FN3O3S. The van der Waals surface area contributed by atoms with E-state index in [1.165, 1.54) is 23.5 Å². The van der Waals surface area contributed by atoms with Gasteiger partial charge in [-0.3, -0.25) is 4.79 Å². The van der Waals surface area contributed by atoms with Gasteiger partial charge < -0.3 is 19.8 Å². The Hall–Kier alpha value is -3.39. The summed E-state index contributed by atoms with van der Waals surface area (Å²) in [6.45, 7) is 0.736. The summed E-state index contributed by atoms with van der Waals surface area (Å²) in [7, 11) is 0. The van der Waals surface area contributed by atoms with Crippen LogP contribution in [0.2, 0.25) is 0 Å². The predicted molar refractivity (Wildman–Crippen MR) is 112 cm³/mol. The number of carbonyl (C=O) groups is 1. The first-order chi connectivity index (χ1) is 14.7. The Morgan fingerprint density at radius 3 is 3.03 bits per heavy atom. The number of thiazole rings is 1. The molecule has 0 aliphatic carbocycles. The van der Waals surface area contributed by atoms with E-state index in [2.05, 4.69) is 15.3 Å². The van der Waals surface area contributed by atoms with Gasteiger partial charge in [0.15, 0.2) is 11.5 Å². The first kappa shape index (κ1) is 18.6. The van der Waals surface area contributed by atoms with Crippen molar-refractivity contribution in [2.45, 2.75) is 12.8 Å². The van der Waals surface area contributed by atoms with Gasteiger partial charge >= 0.3 is 0 Å². The molecule has 1 aliphatic heterocycles. The van der Waals surface area contributed by atoms with Crippen molar-refractivity contribution >= 4 is 28.1 Å². The van der Waals surface area contributed by atoms with Gasteiger partial charge in [-0.1, -0.05) is 0 Å². The molecule has 2 N–H and O–H groups in total. The lowest BCUT2D eigenvalue weighted by Crippen LogP contribution is -2.27. The standard InChI is InChI=1S/C22H18FN3O3S/c23-15-2-3-17-14(10-25-18(17)8-15)5-6-24-21(27)9-16-11-30-22(26-16)13-1-4-19-20(7-13)29-12-28-19/h1-4,7-8,10-11,25H,5-6,9,12H2,(H,24,27). The second kappa shape index (κ2) is 7.79. The van der Waals surface area contributed by atoms with Crippen LogP contribution in [0.5, 0.6) is 11.5 Å². The number of halogens is 1. The number of amides is 1. The van der Waals surface area contributed by atoms with Gasteiger partial charge in [0.05, 0.1) is 12.1 Å². The molecule has 8 heteroatoms. The summed E-state index contributed by atoms with van der Waals surface area (Å²) < 4.78 is 24.0. The third kappa shape index (κ3) is 3.73. The largest absolute Gasteiger partial charge is 0.454 e. The van der Waals surface area contributed by atoms with Crippen molar-refractivity contribution in [3.05, 3.63) is 65.0 Å². The lowest BCUT2D eigenvalue weighted by atomic mass is 10.1. The van der Waals surface area contributed by atoms with Crippen LogP contribution >= 0.6 is 11.3 Å². The third-order valence-corrected chi connectivity index (χ3v) is 5.90. The SMILES string of the molecule is O=C(Cc1csc(-c2ccc3c(c2)OCO3)n1)NCCc1c[nH]c2cc(F)ccc12. The lowest BCUT2D eigenvalue weighted by molar-refractivity contribution is -0.120. The fourth-order valence-electron chi connectivity index (χ4n) is 3.48. The number of carbonyl (C=O) groups excluding carboxylic acids is 1. The monoisotopic (exact) mass is 423 g/mol. The number of rotatable bonds is 6. The van der Waals surface area contributed by atoms with Crippen molar-refractivity contribution in [2.24, 2.45) is 0 Å². The smallest absolute Gasteiger partial charge is 0.231 e.